The van der Waals surface area contributed by atoms with E-state index >= 15 is 0 Å². The summed E-state index contributed by atoms with van der Waals surface area (Å²) < 4.78 is 0. The van der Waals surface area contributed by atoms with Gasteiger partial charge in [0, 0.05) is 18.8 Å². The van der Waals surface area contributed by atoms with Gasteiger partial charge in [-0.05, 0) is 17.2 Å². The third-order valence-electron chi connectivity index (χ3n) is 2.41. The average molecular weight is 206 g/mol. The fraction of sp³-hybridized carbons (Fsp3) is 0.364. The number of hydrogen-bond acceptors (Lipinski definition) is 3. The second-order valence-corrected chi connectivity index (χ2v) is 3.62. The Morgan fingerprint density at radius 3 is 3.13 bits per heavy atom. The number of benzene rings is 1. The van der Waals surface area contributed by atoms with Crippen molar-refractivity contribution < 1.29 is 9.90 Å². The molecule has 0 saturated heterocycles. The molecule has 0 saturated carbocycles. The molecule has 0 unspecified atom stereocenters. The molecule has 4 heteroatoms. The fourth-order valence-electron chi connectivity index (χ4n) is 1.70. The summed E-state index contributed by atoms with van der Waals surface area (Å²) in [6.07, 6.45) is 0.475. The number of carbonyl (C=O) groups is 1. The van der Waals surface area contributed by atoms with Crippen molar-refractivity contribution in [3.8, 4) is 0 Å². The first-order chi connectivity index (χ1) is 7.29. The predicted molar refractivity (Wildman–Crippen MR) is 57.6 cm³/mol. The van der Waals surface area contributed by atoms with Gasteiger partial charge in [0.2, 0.25) is 5.91 Å². The van der Waals surface area contributed by atoms with Crippen molar-refractivity contribution in [3.05, 3.63) is 29.3 Å². The molecule has 0 fully saturated rings. The molecule has 1 aromatic rings. The van der Waals surface area contributed by atoms with Gasteiger partial charge in [0.15, 0.2) is 0 Å². The first-order valence-electron chi connectivity index (χ1n) is 5.03. The van der Waals surface area contributed by atoms with E-state index in [1.807, 2.05) is 18.2 Å². The number of nitrogens with one attached hydrogen (secondary N) is 2. The second-order valence-electron chi connectivity index (χ2n) is 3.62. The molecule has 0 bridgehead atoms. The number of carbonyl (C=O) groups excluding carboxylic acids is 1. The Morgan fingerprint density at radius 1 is 1.47 bits per heavy atom. The smallest absolute Gasteiger partial charge is 0.228 e. The van der Waals surface area contributed by atoms with E-state index in [0.29, 0.717) is 13.0 Å². The summed E-state index contributed by atoms with van der Waals surface area (Å²) in [6, 6.07) is 5.93. The average Bonchev–Trinajstić information content (AvgIpc) is 2.57. The molecule has 0 spiro atoms. The summed E-state index contributed by atoms with van der Waals surface area (Å²) in [5.74, 6) is 0.0606. The number of anilines is 1. The summed E-state index contributed by atoms with van der Waals surface area (Å²) in [7, 11) is 0. The molecule has 0 radical (unpaired) electrons. The maximum absolute atomic E-state index is 11.1. The van der Waals surface area contributed by atoms with E-state index in [1.165, 1.54) is 0 Å². The van der Waals surface area contributed by atoms with E-state index in [0.717, 1.165) is 23.4 Å². The van der Waals surface area contributed by atoms with Crippen molar-refractivity contribution in [2.45, 2.75) is 13.0 Å². The van der Waals surface area contributed by atoms with Crippen LogP contribution in [-0.4, -0.2) is 24.2 Å². The van der Waals surface area contributed by atoms with Crippen LogP contribution >= 0.6 is 0 Å². The van der Waals surface area contributed by atoms with Crippen molar-refractivity contribution in [2.75, 3.05) is 18.5 Å². The second kappa shape index (κ2) is 4.42. The molecule has 80 valence electrons. The SMILES string of the molecule is O=C1Cc2cc(CNCCO)ccc2N1. The van der Waals surface area contributed by atoms with Crippen molar-refractivity contribution in [1.29, 1.82) is 0 Å². The van der Waals surface area contributed by atoms with Crippen molar-refractivity contribution >= 4 is 11.6 Å². The molecule has 15 heavy (non-hydrogen) atoms. The van der Waals surface area contributed by atoms with Crippen LogP contribution in [0.5, 0.6) is 0 Å². The van der Waals surface area contributed by atoms with Crippen LogP contribution in [0, 0.1) is 0 Å². The molecule has 4 nitrogen and oxygen atoms in total. The Balaban J connectivity index is 2.03. The standard InChI is InChI=1S/C11H14N2O2/c14-4-3-12-7-8-1-2-10-9(5-8)6-11(15)13-10/h1-2,5,12,14H,3-4,6-7H2,(H,13,15). The van der Waals surface area contributed by atoms with Crippen LogP contribution in [0.25, 0.3) is 0 Å². The molecule has 1 aliphatic rings. The molecular formula is C11H14N2O2. The molecule has 3 N–H and O–H groups in total. The number of rotatable bonds is 4. The zero-order chi connectivity index (χ0) is 10.7. The van der Waals surface area contributed by atoms with Gasteiger partial charge in [0.05, 0.1) is 13.0 Å². The monoisotopic (exact) mass is 206 g/mol. The van der Waals surface area contributed by atoms with E-state index in [2.05, 4.69) is 10.6 Å². The lowest BCUT2D eigenvalue weighted by molar-refractivity contribution is -0.115. The van der Waals surface area contributed by atoms with E-state index in [9.17, 15) is 4.79 Å². The van der Waals surface area contributed by atoms with Crippen LogP contribution in [0.4, 0.5) is 5.69 Å². The minimum Gasteiger partial charge on any atom is -0.395 e. The highest BCUT2D eigenvalue weighted by atomic mass is 16.3. The van der Waals surface area contributed by atoms with Crippen molar-refractivity contribution in [3.63, 3.8) is 0 Å². The van der Waals surface area contributed by atoms with Gasteiger partial charge < -0.3 is 15.7 Å². The van der Waals surface area contributed by atoms with Crippen LogP contribution < -0.4 is 10.6 Å². The van der Waals surface area contributed by atoms with Gasteiger partial charge in [-0.3, -0.25) is 4.79 Å². The molecule has 1 aromatic carbocycles. The van der Waals surface area contributed by atoms with Gasteiger partial charge in [0.1, 0.15) is 0 Å². The lowest BCUT2D eigenvalue weighted by Gasteiger charge is -2.05. The lowest BCUT2D eigenvalue weighted by Crippen LogP contribution is -2.17. The highest BCUT2D eigenvalue weighted by Crippen LogP contribution is 2.23. The molecule has 1 amide bonds. The quantitative estimate of drug-likeness (QED) is 0.619. The van der Waals surface area contributed by atoms with Crippen LogP contribution in [0.1, 0.15) is 11.1 Å². The van der Waals surface area contributed by atoms with Crippen LogP contribution in [0.2, 0.25) is 0 Å². The minimum absolute atomic E-state index is 0.0606. The van der Waals surface area contributed by atoms with E-state index in [1.54, 1.807) is 0 Å². The number of amides is 1. The predicted octanol–water partition coefficient (Wildman–Crippen LogP) is 0.263. The molecule has 0 aliphatic carbocycles. The molecule has 0 atom stereocenters. The summed E-state index contributed by atoms with van der Waals surface area (Å²) in [5, 5.41) is 14.5. The molecule has 0 aromatic heterocycles. The maximum atomic E-state index is 11.1. The third kappa shape index (κ3) is 2.34. The van der Waals surface area contributed by atoms with Gasteiger partial charge in [0.25, 0.3) is 0 Å². The van der Waals surface area contributed by atoms with Crippen molar-refractivity contribution in [2.24, 2.45) is 0 Å². The highest BCUT2D eigenvalue weighted by Gasteiger charge is 2.16. The fourth-order valence-corrected chi connectivity index (χ4v) is 1.70. The van der Waals surface area contributed by atoms with Gasteiger partial charge in [-0.25, -0.2) is 0 Å². The van der Waals surface area contributed by atoms with Crippen LogP contribution in [0.3, 0.4) is 0 Å². The summed E-state index contributed by atoms with van der Waals surface area (Å²) in [5.41, 5.74) is 3.12. The molecule has 1 heterocycles. The van der Waals surface area contributed by atoms with Gasteiger partial charge >= 0.3 is 0 Å². The highest BCUT2D eigenvalue weighted by molar-refractivity contribution is 5.99. The van der Waals surface area contributed by atoms with Crippen LogP contribution in [-0.2, 0) is 17.8 Å². The number of hydrogen-bond donors (Lipinski definition) is 3. The van der Waals surface area contributed by atoms with E-state index < -0.39 is 0 Å². The van der Waals surface area contributed by atoms with Crippen LogP contribution in [0.15, 0.2) is 18.2 Å². The molecule has 2 rings (SSSR count). The summed E-state index contributed by atoms with van der Waals surface area (Å²) in [6.45, 7) is 1.46. The Kier molecular flexibility index (Phi) is 2.99. The summed E-state index contributed by atoms with van der Waals surface area (Å²) >= 11 is 0. The van der Waals surface area contributed by atoms with Gasteiger partial charge in [-0.1, -0.05) is 12.1 Å². The zero-order valence-corrected chi connectivity index (χ0v) is 8.42. The molecule has 1 aliphatic heterocycles. The zero-order valence-electron chi connectivity index (χ0n) is 8.42. The maximum Gasteiger partial charge on any atom is 0.228 e. The largest absolute Gasteiger partial charge is 0.395 e. The molecular weight excluding hydrogens is 192 g/mol. The normalized spacial score (nSPS) is 13.8. The third-order valence-corrected chi connectivity index (χ3v) is 2.41. The minimum atomic E-state index is 0.0606. The van der Waals surface area contributed by atoms with Gasteiger partial charge in [-0.15, -0.1) is 0 Å². The van der Waals surface area contributed by atoms with E-state index in [-0.39, 0.29) is 12.5 Å². The number of aliphatic hydroxyl groups excluding tert-OH is 1. The van der Waals surface area contributed by atoms with E-state index in [4.69, 9.17) is 5.11 Å². The van der Waals surface area contributed by atoms with Gasteiger partial charge in [-0.2, -0.15) is 0 Å². The Labute approximate surface area is 88.3 Å². The Morgan fingerprint density at radius 2 is 2.33 bits per heavy atom. The summed E-state index contributed by atoms with van der Waals surface area (Å²) in [4.78, 5) is 11.1. The number of fused-ring (bicyclic) bond motifs is 1. The number of aliphatic hydroxyl groups is 1. The Bertz CT molecular complexity index is 377. The first-order valence-corrected chi connectivity index (χ1v) is 5.03. The Hall–Kier alpha value is -1.39. The topological polar surface area (TPSA) is 61.4 Å². The first kappa shape index (κ1) is 10.1. The van der Waals surface area contributed by atoms with Crippen molar-refractivity contribution in [1.82, 2.24) is 5.32 Å². The lowest BCUT2D eigenvalue weighted by atomic mass is 10.1.